The lowest BCUT2D eigenvalue weighted by Gasteiger charge is -2.32. The Labute approximate surface area is 741 Å². The van der Waals surface area contributed by atoms with Crippen LogP contribution in [0.2, 0.25) is 20.6 Å². The molecular formula is C88H123Cl4F3N12O15S. The fourth-order valence-corrected chi connectivity index (χ4v) is 16.1. The van der Waals surface area contributed by atoms with Crippen molar-refractivity contribution in [3.05, 3.63) is 141 Å². The molecule has 35 heteroatoms. The van der Waals surface area contributed by atoms with Crippen molar-refractivity contribution >= 4 is 68.6 Å². The van der Waals surface area contributed by atoms with Gasteiger partial charge in [0.2, 0.25) is 29.8 Å². The summed E-state index contributed by atoms with van der Waals surface area (Å²) in [6.45, 7) is 26.6. The number of aromatic nitrogens is 12. The largest absolute Gasteiger partial charge is 0.446 e. The Kier molecular flexibility index (Phi) is 38.1. The summed E-state index contributed by atoms with van der Waals surface area (Å²) in [6, 6.07) is 22.7. The maximum absolute atomic E-state index is 10.8. The molecule has 4 unspecified atom stereocenters. The van der Waals surface area contributed by atoms with Crippen LogP contribution >= 0.6 is 46.4 Å². The number of carbonyl (C=O) groups excluding carboxylic acids is 2. The number of rotatable bonds is 16. The topological polar surface area (TPSA) is 315 Å². The molecular weight excluding hydrogens is 1700 g/mol. The van der Waals surface area contributed by atoms with Gasteiger partial charge in [-0.15, -0.1) is 5.10 Å². The Morgan fingerprint density at radius 1 is 0.472 bits per heavy atom. The number of ether oxygens (including phenoxy) is 9. The van der Waals surface area contributed by atoms with Crippen LogP contribution in [-0.2, 0) is 53.1 Å². The van der Waals surface area contributed by atoms with E-state index in [1.165, 1.54) is 51.4 Å². The van der Waals surface area contributed by atoms with Gasteiger partial charge in [-0.1, -0.05) is 61.3 Å². The average molecular weight is 1820 g/mol. The number of pyridine rings is 4. The Morgan fingerprint density at radius 2 is 0.789 bits per heavy atom. The number of carbonyl (C=O) groups is 2. The van der Waals surface area contributed by atoms with Gasteiger partial charge in [-0.3, -0.25) is 18.9 Å². The lowest BCUT2D eigenvalue weighted by atomic mass is 10.0. The van der Waals surface area contributed by atoms with E-state index < -0.39 is 22.6 Å². The molecule has 27 nitrogen and oxygen atoms in total. The third-order valence-electron chi connectivity index (χ3n) is 20.3. The maximum atomic E-state index is 10.8. The molecule has 5 aliphatic heterocycles. The zero-order valence-electron chi connectivity index (χ0n) is 71.1. The van der Waals surface area contributed by atoms with Crippen LogP contribution in [0.25, 0.3) is 0 Å². The number of aldehydes is 1. The number of Topliss-reactive ketones (excluding diaryl/α,β-unsaturated/α-hetero) is 1. The molecule has 13 heterocycles. The third-order valence-corrected chi connectivity index (χ3v) is 21.8. The molecule has 17 rings (SSSR count). The first-order valence-corrected chi connectivity index (χ1v) is 44.9. The van der Waals surface area contributed by atoms with Gasteiger partial charge in [0, 0.05) is 128 Å². The van der Waals surface area contributed by atoms with E-state index in [9.17, 15) is 31.5 Å². The van der Waals surface area contributed by atoms with Crippen molar-refractivity contribution in [3.8, 4) is 46.5 Å². The molecule has 14 atom stereocenters. The minimum Gasteiger partial charge on any atom is -0.439 e. The lowest BCUT2D eigenvalue weighted by Crippen LogP contribution is -2.35. The average Bonchev–Trinajstić information content (AvgIpc) is 1.65. The van der Waals surface area contributed by atoms with Crippen molar-refractivity contribution < 1.29 is 83.1 Å². The standard InChI is InChI=1S/2C18H22ClN3O2.C15H18ClN3O.C11H10ClN3O.C8H16O4S.C7H14O2.C7H12O2.C2HF3O.2CH4/c2*1-11-7-14(8-12(2)23-11)22-18(10-16(21-22)13-3-4-13)24-15-5-6-20-17(19)9-15;1-15(2,3)19-14(9-12(18-19)10-4-5-10)20-11-6-7-17-13(16)8-11;12-10-5-8(3-4-13-10)16-11-6-9(14-15-11)7-1-2-7;1-6-4-8(5-7(2)11-6)12-13(3,9)10;2*1-5-3-7(8)4-6(2)9-5;3-2(4,5)1-6;;/h2*5-6,9-14H,3-4,7-8H2,1-2H3;6-10H,4-5H2,1-3H3;3-7H,1-2H2,(H,14,15);6-8H,4-5H2,1-3H3;5-8H,3-4H2,1-2H3;5-6H,3-4H2,1-2H3;1H;2*1H4/t2*11-,12+,14?;;;6-,7+,8?;5-,6+,7?;5-,6+;;;. The Bertz CT molecular complexity index is 4540. The molecule has 8 aromatic rings. The molecule has 9 aliphatic rings. The second-order valence-electron chi connectivity index (χ2n) is 33.8. The first-order valence-electron chi connectivity index (χ1n) is 41.6. The molecule has 4 aliphatic carbocycles. The van der Waals surface area contributed by atoms with Gasteiger partial charge in [0.25, 0.3) is 10.1 Å². The van der Waals surface area contributed by atoms with Crippen LogP contribution in [0, 0.1) is 0 Å². The van der Waals surface area contributed by atoms with Crippen LogP contribution in [-0.4, -0.2) is 171 Å². The van der Waals surface area contributed by atoms with Gasteiger partial charge in [0.1, 0.15) is 49.4 Å². The lowest BCUT2D eigenvalue weighted by molar-refractivity contribution is -0.156. The van der Waals surface area contributed by atoms with Gasteiger partial charge in [0.15, 0.2) is 0 Å². The van der Waals surface area contributed by atoms with Crippen LogP contribution in [0.15, 0.2) is 97.6 Å². The highest BCUT2D eigenvalue weighted by Gasteiger charge is 2.37. The normalized spacial score (nSPS) is 25.4. The highest BCUT2D eigenvalue weighted by Crippen LogP contribution is 2.47. The molecule has 9 fully saturated rings. The number of nitrogens with one attached hydrogen (secondary N) is 1. The quantitative estimate of drug-likeness (QED) is 0.0516. The number of ketones is 1. The number of hydrogen-bond acceptors (Lipinski definition) is 23. The number of nitrogens with zero attached hydrogens (tertiary/aromatic N) is 11. The molecule has 8 aromatic heterocycles. The SMILES string of the molecule is C.C.CC(C)(C)n1nc(C2CC2)cc1Oc1ccnc(Cl)c1.C[C@@H]1CC(=O)C[C@H](C)O1.C[C@@H]1CC(O)C[C@H](C)O1.C[C@@H]1CC(OS(C)(=O)=O)C[C@H](C)O1.C[C@@H]1CC(n2nc(C3CC3)cc2Oc2ccnc(Cl)c2)C[C@H](C)O1.C[C@@H]1CC(n2nc(C3CC3)cc2Oc2ccnc(Cl)c2)C[C@H](C)O1.Clc1cc(Oc2cc(C3CC3)[nH]n2)ccn1.O=CC(F)(F)F. The number of alkyl halides is 3. The fourth-order valence-electron chi connectivity index (χ4n) is 14.8. The van der Waals surface area contributed by atoms with Crippen molar-refractivity contribution in [3.63, 3.8) is 0 Å². The van der Waals surface area contributed by atoms with E-state index in [1.54, 1.807) is 61.2 Å². The summed E-state index contributed by atoms with van der Waals surface area (Å²) in [7, 11) is -3.33. The molecule has 0 radical (unpaired) electrons. The van der Waals surface area contributed by atoms with Crippen molar-refractivity contribution in [2.24, 2.45) is 0 Å². The van der Waals surface area contributed by atoms with Crippen LogP contribution in [0.1, 0.15) is 279 Å². The Morgan fingerprint density at radius 3 is 1.11 bits per heavy atom. The van der Waals surface area contributed by atoms with E-state index in [4.69, 9.17) is 113 Å². The van der Waals surface area contributed by atoms with Crippen molar-refractivity contribution in [1.29, 1.82) is 0 Å². The fraction of sp³-hybridized carbons (Fsp3) is 0.614. The zero-order chi connectivity index (χ0) is 87.6. The van der Waals surface area contributed by atoms with E-state index in [0.717, 1.165) is 85.2 Å². The summed E-state index contributed by atoms with van der Waals surface area (Å²) in [5.41, 5.74) is 4.42. The third kappa shape index (κ3) is 35.1. The molecule has 2 N–H and O–H groups in total. The molecule has 5 saturated heterocycles. The minimum absolute atomic E-state index is 0. The summed E-state index contributed by atoms with van der Waals surface area (Å²) in [5.74, 6) is 8.34. The van der Waals surface area contributed by atoms with Crippen LogP contribution in [0.5, 0.6) is 46.5 Å². The number of hydrogen-bond donors (Lipinski definition) is 2. The van der Waals surface area contributed by atoms with E-state index in [2.05, 4.69) is 100 Å². The monoisotopic (exact) mass is 1820 g/mol. The number of aliphatic hydroxyl groups excluding tert-OH is 1. The molecule has 0 bridgehead atoms. The van der Waals surface area contributed by atoms with Gasteiger partial charge in [0.05, 0.1) is 114 Å². The summed E-state index contributed by atoms with van der Waals surface area (Å²) < 4.78 is 116. The van der Waals surface area contributed by atoms with E-state index in [0.29, 0.717) is 117 Å². The van der Waals surface area contributed by atoms with Gasteiger partial charge in [-0.05, 0) is 204 Å². The minimum atomic E-state index is -4.64. The number of H-pyrrole nitrogens is 1. The smallest absolute Gasteiger partial charge is 0.439 e. The molecule has 680 valence electrons. The molecule has 123 heavy (non-hydrogen) atoms. The zero-order valence-corrected chi connectivity index (χ0v) is 74.9. The van der Waals surface area contributed by atoms with Crippen LogP contribution in [0.3, 0.4) is 0 Å². The summed E-state index contributed by atoms with van der Waals surface area (Å²) in [4.78, 5) is 35.4. The molecule has 0 aromatic carbocycles. The van der Waals surface area contributed by atoms with Crippen LogP contribution < -0.4 is 18.9 Å². The highest BCUT2D eigenvalue weighted by atomic mass is 35.5. The first kappa shape index (κ1) is 101. The Balaban J connectivity index is 0.000000180. The molecule has 0 spiro atoms. The van der Waals surface area contributed by atoms with Gasteiger partial charge < -0.3 is 47.7 Å². The predicted molar refractivity (Wildman–Crippen MR) is 466 cm³/mol. The second-order valence-corrected chi connectivity index (χ2v) is 36.9. The van der Waals surface area contributed by atoms with Crippen molar-refractivity contribution in [2.75, 3.05) is 6.26 Å². The van der Waals surface area contributed by atoms with E-state index in [1.807, 2.05) is 70.5 Å². The second kappa shape index (κ2) is 46.4. The Hall–Kier alpha value is -7.40. The van der Waals surface area contributed by atoms with E-state index >= 15 is 0 Å². The van der Waals surface area contributed by atoms with E-state index in [-0.39, 0.29) is 93.6 Å². The van der Waals surface area contributed by atoms with Gasteiger partial charge in [-0.25, -0.2) is 34.0 Å². The van der Waals surface area contributed by atoms with Gasteiger partial charge in [-0.2, -0.15) is 36.9 Å². The summed E-state index contributed by atoms with van der Waals surface area (Å²) >= 11 is 23.6. The van der Waals surface area contributed by atoms with Crippen LogP contribution in [0.4, 0.5) is 13.2 Å². The van der Waals surface area contributed by atoms with Gasteiger partial charge >= 0.3 is 6.18 Å². The first-order chi connectivity index (χ1) is 57.2. The number of halogens is 7. The number of aromatic amines is 1. The highest BCUT2D eigenvalue weighted by molar-refractivity contribution is 7.86. The predicted octanol–water partition coefficient (Wildman–Crippen LogP) is 22.0. The molecule has 0 amide bonds. The summed E-state index contributed by atoms with van der Waals surface area (Å²) in [6.07, 6.45) is 21.1. The van der Waals surface area contributed by atoms with Crippen molar-refractivity contribution in [2.45, 2.75) is 341 Å². The maximum Gasteiger partial charge on any atom is 0.446 e. The van der Waals surface area contributed by atoms with Crippen molar-refractivity contribution in [1.82, 2.24) is 59.5 Å². The molecule has 4 saturated carbocycles. The summed E-state index contributed by atoms with van der Waals surface area (Å²) in [5, 5.41) is 32.4. The number of aliphatic hydroxyl groups is 1.